The molecule has 2 aromatic rings. The van der Waals surface area contributed by atoms with Crippen molar-refractivity contribution in [1.29, 1.82) is 0 Å². The van der Waals surface area contributed by atoms with Crippen LogP contribution in [0.25, 0.3) is 10.9 Å². The molecule has 3 rings (SSSR count). The van der Waals surface area contributed by atoms with Gasteiger partial charge >= 0.3 is 5.97 Å². The zero-order valence-corrected chi connectivity index (χ0v) is 13.6. The average Bonchev–Trinajstić information content (AvgIpc) is 2.76. The molecule has 1 atom stereocenters. The number of ether oxygens (including phenoxy) is 1. The molecule has 1 aromatic heterocycles. The van der Waals surface area contributed by atoms with Crippen LogP contribution < -0.4 is 0 Å². The Morgan fingerprint density at radius 2 is 2.27 bits per heavy atom. The summed E-state index contributed by atoms with van der Waals surface area (Å²) in [5.41, 5.74) is 4.36. The van der Waals surface area contributed by atoms with Gasteiger partial charge in [-0.1, -0.05) is 38.3 Å². The summed E-state index contributed by atoms with van der Waals surface area (Å²) >= 11 is 0. The van der Waals surface area contributed by atoms with Crippen molar-refractivity contribution in [3.63, 3.8) is 0 Å². The van der Waals surface area contributed by atoms with Crippen LogP contribution >= 0.6 is 0 Å². The van der Waals surface area contributed by atoms with E-state index < -0.39 is 0 Å². The van der Waals surface area contributed by atoms with E-state index in [0.717, 1.165) is 24.3 Å². The number of aromatic nitrogens is 1. The Morgan fingerprint density at radius 1 is 1.41 bits per heavy atom. The first-order valence-corrected chi connectivity index (χ1v) is 8.45. The van der Waals surface area contributed by atoms with Gasteiger partial charge in [0.1, 0.15) is 0 Å². The Morgan fingerprint density at radius 3 is 3.05 bits per heavy atom. The second-order valence-electron chi connectivity index (χ2n) is 6.41. The first-order chi connectivity index (χ1) is 10.7. The number of aromatic amines is 1. The third-order valence-corrected chi connectivity index (χ3v) is 4.93. The van der Waals surface area contributed by atoms with E-state index in [1.54, 1.807) is 0 Å². The van der Waals surface area contributed by atoms with Crippen molar-refractivity contribution >= 4 is 16.9 Å². The molecule has 0 amide bonds. The van der Waals surface area contributed by atoms with E-state index in [9.17, 15) is 4.79 Å². The number of esters is 1. The van der Waals surface area contributed by atoms with Crippen LogP contribution in [-0.4, -0.2) is 18.1 Å². The number of nitrogens with one attached hydrogen (secondary N) is 1. The number of fused-ring (bicyclic) bond motifs is 3. The van der Waals surface area contributed by atoms with E-state index in [1.807, 2.05) is 12.1 Å². The summed E-state index contributed by atoms with van der Waals surface area (Å²) in [6, 6.07) is 5.93. The van der Waals surface area contributed by atoms with Gasteiger partial charge in [0.25, 0.3) is 0 Å². The quantitative estimate of drug-likeness (QED) is 0.660. The molecular weight excluding hydrogens is 274 g/mol. The standard InChI is InChI=1S/C19H25NO2/c1-3-4-7-13-8-5-9-14-15-10-6-11-16(19(21)22-2)18(15)20-17(14)12-13/h6,10-11,13,20H,3-5,7-9,12H2,1-2H3. The highest BCUT2D eigenvalue weighted by Crippen LogP contribution is 2.33. The van der Waals surface area contributed by atoms with E-state index >= 15 is 0 Å². The van der Waals surface area contributed by atoms with Crippen molar-refractivity contribution in [2.24, 2.45) is 5.92 Å². The van der Waals surface area contributed by atoms with Crippen molar-refractivity contribution in [3.8, 4) is 0 Å². The number of carbonyl (C=O) groups excluding carboxylic acids is 1. The molecule has 0 fully saturated rings. The largest absolute Gasteiger partial charge is 0.465 e. The Balaban J connectivity index is 1.99. The number of aryl methyl sites for hydroxylation is 1. The fraction of sp³-hybridized carbons (Fsp3) is 0.526. The van der Waals surface area contributed by atoms with E-state index in [4.69, 9.17) is 4.74 Å². The molecule has 1 aromatic carbocycles. The van der Waals surface area contributed by atoms with Crippen molar-refractivity contribution in [1.82, 2.24) is 4.98 Å². The monoisotopic (exact) mass is 299 g/mol. The molecule has 3 nitrogen and oxygen atoms in total. The Bertz CT molecular complexity index is 671. The SMILES string of the molecule is CCCCC1CCCc2c([nH]c3c(C(=O)OC)cccc23)C1. The highest BCUT2D eigenvalue weighted by atomic mass is 16.5. The van der Waals surface area contributed by atoms with E-state index in [-0.39, 0.29) is 5.97 Å². The molecule has 0 bridgehead atoms. The molecule has 0 aliphatic heterocycles. The van der Waals surface area contributed by atoms with Crippen molar-refractivity contribution in [2.75, 3.05) is 7.11 Å². The predicted octanol–water partition coefficient (Wildman–Crippen LogP) is 4.64. The molecule has 0 radical (unpaired) electrons. The lowest BCUT2D eigenvalue weighted by molar-refractivity contribution is 0.0603. The lowest BCUT2D eigenvalue weighted by atomic mass is 9.94. The molecule has 1 unspecified atom stereocenters. The number of hydrogen-bond acceptors (Lipinski definition) is 2. The van der Waals surface area contributed by atoms with Crippen LogP contribution in [0.15, 0.2) is 18.2 Å². The maximum absolute atomic E-state index is 12.0. The molecule has 1 aliphatic rings. The van der Waals surface area contributed by atoms with E-state index in [2.05, 4.69) is 18.0 Å². The minimum atomic E-state index is -0.260. The smallest absolute Gasteiger partial charge is 0.339 e. The number of rotatable bonds is 4. The van der Waals surface area contributed by atoms with Gasteiger partial charge < -0.3 is 9.72 Å². The first kappa shape index (κ1) is 15.1. The zero-order chi connectivity index (χ0) is 15.5. The topological polar surface area (TPSA) is 42.1 Å². The summed E-state index contributed by atoms with van der Waals surface area (Å²) in [5, 5.41) is 1.20. The summed E-state index contributed by atoms with van der Waals surface area (Å²) in [4.78, 5) is 15.5. The fourth-order valence-electron chi connectivity index (χ4n) is 3.76. The molecule has 1 aliphatic carbocycles. The third kappa shape index (κ3) is 2.77. The van der Waals surface area contributed by atoms with Crippen LogP contribution in [0.5, 0.6) is 0 Å². The number of methoxy groups -OCH3 is 1. The summed E-state index contributed by atoms with van der Waals surface area (Å²) in [5.74, 6) is 0.514. The van der Waals surface area contributed by atoms with Crippen molar-refractivity contribution in [3.05, 3.63) is 35.0 Å². The van der Waals surface area contributed by atoms with Gasteiger partial charge in [0, 0.05) is 11.1 Å². The van der Waals surface area contributed by atoms with Gasteiger partial charge in [-0.15, -0.1) is 0 Å². The summed E-state index contributed by atoms with van der Waals surface area (Å²) in [6.45, 7) is 2.26. The van der Waals surface area contributed by atoms with Gasteiger partial charge in [0.15, 0.2) is 0 Å². The maximum Gasteiger partial charge on any atom is 0.339 e. The van der Waals surface area contributed by atoms with Crippen LogP contribution in [0, 0.1) is 5.92 Å². The van der Waals surface area contributed by atoms with Crippen LogP contribution in [0.1, 0.15) is 60.6 Å². The molecule has 1 N–H and O–H groups in total. The fourth-order valence-corrected chi connectivity index (χ4v) is 3.76. The van der Waals surface area contributed by atoms with E-state index in [1.165, 1.54) is 55.9 Å². The maximum atomic E-state index is 12.0. The molecule has 22 heavy (non-hydrogen) atoms. The Kier molecular flexibility index (Phi) is 4.51. The lowest BCUT2D eigenvalue weighted by Gasteiger charge is -2.13. The minimum absolute atomic E-state index is 0.260. The van der Waals surface area contributed by atoms with Gasteiger partial charge in [-0.2, -0.15) is 0 Å². The summed E-state index contributed by atoms with van der Waals surface area (Å²) < 4.78 is 4.92. The molecule has 1 heterocycles. The summed E-state index contributed by atoms with van der Waals surface area (Å²) in [7, 11) is 1.44. The average molecular weight is 299 g/mol. The third-order valence-electron chi connectivity index (χ3n) is 4.93. The van der Waals surface area contributed by atoms with Crippen LogP contribution in [0.3, 0.4) is 0 Å². The number of H-pyrrole nitrogens is 1. The van der Waals surface area contributed by atoms with Gasteiger partial charge in [0.2, 0.25) is 0 Å². The van der Waals surface area contributed by atoms with E-state index in [0.29, 0.717) is 5.56 Å². The second-order valence-corrected chi connectivity index (χ2v) is 6.41. The van der Waals surface area contributed by atoms with Crippen molar-refractivity contribution in [2.45, 2.75) is 51.9 Å². The number of hydrogen-bond donors (Lipinski definition) is 1. The highest BCUT2D eigenvalue weighted by Gasteiger charge is 2.22. The van der Waals surface area contributed by atoms with Crippen LogP contribution in [0.4, 0.5) is 0 Å². The lowest BCUT2D eigenvalue weighted by Crippen LogP contribution is -2.04. The Labute approximate surface area is 132 Å². The number of unbranched alkanes of at least 4 members (excludes halogenated alkanes) is 1. The zero-order valence-electron chi connectivity index (χ0n) is 13.6. The minimum Gasteiger partial charge on any atom is -0.465 e. The normalized spacial score (nSPS) is 18.0. The Hall–Kier alpha value is -1.77. The molecule has 118 valence electrons. The summed E-state index contributed by atoms with van der Waals surface area (Å²) in [6.07, 6.45) is 8.69. The molecule has 0 saturated carbocycles. The molecule has 3 heteroatoms. The van der Waals surface area contributed by atoms with Crippen LogP contribution in [0.2, 0.25) is 0 Å². The number of para-hydroxylation sites is 1. The van der Waals surface area contributed by atoms with Gasteiger partial charge in [0.05, 0.1) is 18.2 Å². The molecular formula is C19H25NO2. The van der Waals surface area contributed by atoms with Gasteiger partial charge in [-0.05, 0) is 43.2 Å². The molecule has 0 spiro atoms. The number of carbonyl (C=O) groups is 1. The highest BCUT2D eigenvalue weighted by molar-refractivity contribution is 6.04. The second kappa shape index (κ2) is 6.55. The predicted molar refractivity (Wildman–Crippen MR) is 89.3 cm³/mol. The van der Waals surface area contributed by atoms with Gasteiger partial charge in [-0.25, -0.2) is 4.79 Å². The van der Waals surface area contributed by atoms with Gasteiger partial charge in [-0.3, -0.25) is 0 Å². The van der Waals surface area contributed by atoms with Crippen LogP contribution in [-0.2, 0) is 17.6 Å². The number of benzene rings is 1. The first-order valence-electron chi connectivity index (χ1n) is 8.45. The molecule has 0 saturated heterocycles. The van der Waals surface area contributed by atoms with Crippen molar-refractivity contribution < 1.29 is 9.53 Å².